The summed E-state index contributed by atoms with van der Waals surface area (Å²) in [5.41, 5.74) is 0. The Morgan fingerprint density at radius 3 is 0.600 bits per heavy atom. The molecule has 0 bridgehead atoms. The quantitative estimate of drug-likeness (QED) is 0.690. The van der Waals surface area contributed by atoms with Gasteiger partial charge in [0.1, 0.15) is 0 Å². The first kappa shape index (κ1) is 21.0. The Kier molecular flexibility index (Phi) is 23.9. The first-order chi connectivity index (χ1) is 6.69. The fourth-order valence-corrected chi connectivity index (χ4v) is 1.34. The number of halogens is 1. The van der Waals surface area contributed by atoms with Crippen molar-refractivity contribution in [1.29, 1.82) is 0 Å². The summed E-state index contributed by atoms with van der Waals surface area (Å²) in [6.45, 7) is 20.2. The van der Waals surface area contributed by atoms with E-state index in [4.69, 9.17) is 0 Å². The SMILES string of the molecule is CCN(CC)CC.CCN(CC)CC.I. The summed E-state index contributed by atoms with van der Waals surface area (Å²) in [7, 11) is 0. The van der Waals surface area contributed by atoms with Gasteiger partial charge in [0.2, 0.25) is 0 Å². The monoisotopic (exact) mass is 330 g/mol. The Morgan fingerprint density at radius 2 is 0.600 bits per heavy atom. The van der Waals surface area contributed by atoms with Crippen molar-refractivity contribution in [3.05, 3.63) is 0 Å². The fourth-order valence-electron chi connectivity index (χ4n) is 1.34. The molecule has 0 saturated carbocycles. The smallest absolute Gasteiger partial charge is 0.00474 e. The summed E-state index contributed by atoms with van der Waals surface area (Å²) < 4.78 is 0. The van der Waals surface area contributed by atoms with E-state index in [-0.39, 0.29) is 24.0 Å². The molecule has 0 N–H and O–H groups in total. The van der Waals surface area contributed by atoms with Crippen LogP contribution in [0.15, 0.2) is 0 Å². The van der Waals surface area contributed by atoms with Crippen LogP contribution in [0.5, 0.6) is 0 Å². The number of hydrogen-bond acceptors (Lipinski definition) is 2. The zero-order valence-corrected chi connectivity index (χ0v) is 13.9. The normalized spacial score (nSPS) is 9.60. The van der Waals surface area contributed by atoms with E-state index >= 15 is 0 Å². The Balaban J connectivity index is -0.000000180. The molecule has 0 rings (SSSR count). The lowest BCUT2D eigenvalue weighted by Crippen LogP contribution is -2.21. The van der Waals surface area contributed by atoms with E-state index in [2.05, 4.69) is 51.3 Å². The van der Waals surface area contributed by atoms with Gasteiger partial charge < -0.3 is 9.80 Å². The van der Waals surface area contributed by atoms with Crippen LogP contribution in [0.3, 0.4) is 0 Å². The van der Waals surface area contributed by atoms with Crippen LogP contribution in [0, 0.1) is 0 Å². The molecule has 0 aromatic rings. The molecule has 0 spiro atoms. The minimum absolute atomic E-state index is 0. The molecule has 0 fully saturated rings. The van der Waals surface area contributed by atoms with Crippen LogP contribution in [-0.4, -0.2) is 49.1 Å². The van der Waals surface area contributed by atoms with Crippen molar-refractivity contribution in [2.24, 2.45) is 0 Å². The van der Waals surface area contributed by atoms with E-state index in [0.717, 1.165) is 0 Å². The van der Waals surface area contributed by atoms with Crippen LogP contribution in [-0.2, 0) is 0 Å². The average Bonchev–Trinajstić information content (AvgIpc) is 2.24. The van der Waals surface area contributed by atoms with E-state index < -0.39 is 0 Å². The molecule has 0 amide bonds. The summed E-state index contributed by atoms with van der Waals surface area (Å²) in [4.78, 5) is 4.75. The highest BCUT2D eigenvalue weighted by molar-refractivity contribution is 14.0. The largest absolute Gasteiger partial charge is 0.304 e. The third-order valence-corrected chi connectivity index (χ3v) is 2.68. The zero-order chi connectivity index (χ0) is 11.4. The van der Waals surface area contributed by atoms with E-state index in [1.807, 2.05) is 0 Å². The van der Waals surface area contributed by atoms with Gasteiger partial charge in [-0.15, -0.1) is 24.0 Å². The standard InChI is InChI=1S/2C6H15N.HI/c2*1-4-7(5-2)6-3;/h2*4-6H2,1-3H3;1H. The predicted molar refractivity (Wildman–Crippen MR) is 82.3 cm³/mol. The van der Waals surface area contributed by atoms with Crippen LogP contribution >= 0.6 is 24.0 Å². The first-order valence-electron chi connectivity index (χ1n) is 6.14. The van der Waals surface area contributed by atoms with E-state index in [1.165, 1.54) is 39.3 Å². The van der Waals surface area contributed by atoms with Crippen LogP contribution in [0.25, 0.3) is 0 Å². The highest BCUT2D eigenvalue weighted by atomic mass is 127. The van der Waals surface area contributed by atoms with Gasteiger partial charge in [0, 0.05) is 0 Å². The summed E-state index contributed by atoms with van der Waals surface area (Å²) in [6, 6.07) is 0. The summed E-state index contributed by atoms with van der Waals surface area (Å²) in [5, 5.41) is 0. The molecule has 0 aromatic heterocycles. The number of rotatable bonds is 6. The van der Waals surface area contributed by atoms with Gasteiger partial charge in [0.15, 0.2) is 0 Å². The average molecular weight is 330 g/mol. The Bertz CT molecular complexity index is 68.6. The topological polar surface area (TPSA) is 6.48 Å². The molecule has 0 aliphatic carbocycles. The van der Waals surface area contributed by atoms with Crippen LogP contribution in [0.4, 0.5) is 0 Å². The fraction of sp³-hybridized carbons (Fsp3) is 1.00. The maximum absolute atomic E-state index is 2.38. The van der Waals surface area contributed by atoms with Crippen LogP contribution in [0.2, 0.25) is 0 Å². The molecule has 0 aliphatic rings. The van der Waals surface area contributed by atoms with Crippen LogP contribution < -0.4 is 0 Å². The predicted octanol–water partition coefficient (Wildman–Crippen LogP) is 3.31. The molecule has 15 heavy (non-hydrogen) atoms. The van der Waals surface area contributed by atoms with Gasteiger partial charge in [-0.25, -0.2) is 0 Å². The van der Waals surface area contributed by atoms with Gasteiger partial charge in [-0.1, -0.05) is 41.5 Å². The minimum atomic E-state index is 0. The lowest BCUT2D eigenvalue weighted by Gasteiger charge is -2.13. The number of nitrogens with zero attached hydrogens (tertiary/aromatic N) is 2. The van der Waals surface area contributed by atoms with Crippen molar-refractivity contribution in [3.8, 4) is 0 Å². The maximum atomic E-state index is 2.38. The summed E-state index contributed by atoms with van der Waals surface area (Å²) >= 11 is 0. The highest BCUT2D eigenvalue weighted by Gasteiger charge is 1.89. The lowest BCUT2D eigenvalue weighted by molar-refractivity contribution is 0.321. The van der Waals surface area contributed by atoms with Crippen molar-refractivity contribution < 1.29 is 0 Å². The summed E-state index contributed by atoms with van der Waals surface area (Å²) in [6.07, 6.45) is 0. The second-order valence-corrected chi connectivity index (χ2v) is 3.24. The molecular weight excluding hydrogens is 299 g/mol. The molecule has 0 atom stereocenters. The molecule has 0 radical (unpaired) electrons. The highest BCUT2D eigenvalue weighted by Crippen LogP contribution is 1.82. The summed E-state index contributed by atoms with van der Waals surface area (Å²) in [5.74, 6) is 0. The molecule has 0 unspecified atom stereocenters. The van der Waals surface area contributed by atoms with Crippen molar-refractivity contribution in [2.75, 3.05) is 39.3 Å². The zero-order valence-electron chi connectivity index (χ0n) is 11.5. The van der Waals surface area contributed by atoms with Crippen molar-refractivity contribution in [2.45, 2.75) is 41.5 Å². The van der Waals surface area contributed by atoms with Gasteiger partial charge in [-0.2, -0.15) is 0 Å². The molecular formula is C12H31IN2. The van der Waals surface area contributed by atoms with Gasteiger partial charge in [0.25, 0.3) is 0 Å². The van der Waals surface area contributed by atoms with Crippen LogP contribution in [0.1, 0.15) is 41.5 Å². The number of hydrogen-bond donors (Lipinski definition) is 0. The molecule has 0 aliphatic heterocycles. The third-order valence-electron chi connectivity index (χ3n) is 2.68. The lowest BCUT2D eigenvalue weighted by atomic mass is 10.5. The Morgan fingerprint density at radius 1 is 0.467 bits per heavy atom. The van der Waals surface area contributed by atoms with Crippen molar-refractivity contribution in [3.63, 3.8) is 0 Å². The minimum Gasteiger partial charge on any atom is -0.304 e. The molecule has 0 saturated heterocycles. The Hall–Kier alpha value is 0.650. The van der Waals surface area contributed by atoms with Crippen molar-refractivity contribution in [1.82, 2.24) is 9.80 Å². The molecule has 96 valence electrons. The second-order valence-electron chi connectivity index (χ2n) is 3.24. The maximum Gasteiger partial charge on any atom is -0.00474 e. The van der Waals surface area contributed by atoms with E-state index in [9.17, 15) is 0 Å². The molecule has 0 heterocycles. The first-order valence-corrected chi connectivity index (χ1v) is 6.14. The van der Waals surface area contributed by atoms with Gasteiger partial charge >= 0.3 is 0 Å². The second kappa shape index (κ2) is 17.1. The van der Waals surface area contributed by atoms with Gasteiger partial charge in [0.05, 0.1) is 0 Å². The molecule has 2 nitrogen and oxygen atoms in total. The Labute approximate surface area is 114 Å². The van der Waals surface area contributed by atoms with E-state index in [0.29, 0.717) is 0 Å². The molecule has 3 heteroatoms. The van der Waals surface area contributed by atoms with Gasteiger partial charge in [-0.05, 0) is 39.3 Å². The molecule has 0 aromatic carbocycles. The van der Waals surface area contributed by atoms with Crippen molar-refractivity contribution >= 4 is 24.0 Å². The third kappa shape index (κ3) is 14.7. The van der Waals surface area contributed by atoms with E-state index in [1.54, 1.807) is 0 Å². The van der Waals surface area contributed by atoms with Gasteiger partial charge in [-0.3, -0.25) is 0 Å².